The van der Waals surface area contributed by atoms with Crippen LogP contribution in [0.5, 0.6) is 0 Å². The van der Waals surface area contributed by atoms with Crippen LogP contribution in [-0.4, -0.2) is 16.7 Å². The van der Waals surface area contributed by atoms with Crippen LogP contribution in [-0.2, 0) is 4.79 Å². The fraction of sp³-hybridized carbons (Fsp3) is 0. The van der Waals surface area contributed by atoms with Gasteiger partial charge in [-0.2, -0.15) is 0 Å². The number of amides is 1. The SMILES string of the molecule is O=C1/C(=C/c2ccccc2Cl)N=C(c2ccccc2)N1c1nc2cc(Cl)c(F)cc2s1. The Morgan fingerprint density at radius 2 is 1.71 bits per heavy atom. The maximum absolute atomic E-state index is 13.9. The molecule has 3 aromatic carbocycles. The largest absolute Gasteiger partial charge is 0.284 e. The van der Waals surface area contributed by atoms with E-state index in [1.165, 1.54) is 28.4 Å². The van der Waals surface area contributed by atoms with Crippen molar-refractivity contribution in [3.05, 3.63) is 99.4 Å². The van der Waals surface area contributed by atoms with E-state index in [1.54, 1.807) is 12.1 Å². The third-order valence-corrected chi connectivity index (χ3v) is 6.34. The highest BCUT2D eigenvalue weighted by atomic mass is 35.5. The van der Waals surface area contributed by atoms with E-state index in [-0.39, 0.29) is 16.6 Å². The lowest BCUT2D eigenvalue weighted by atomic mass is 10.2. The van der Waals surface area contributed by atoms with Crippen LogP contribution in [0.4, 0.5) is 9.52 Å². The molecule has 5 rings (SSSR count). The standard InChI is InChI=1S/C23H12Cl2FN3OS/c24-15-9-5-4-8-14(15)10-19-22(30)29(21(27-19)13-6-2-1-3-7-13)23-28-18-11-16(25)17(26)12-20(18)31-23/h1-12H/b19-10-. The molecule has 1 aromatic heterocycles. The Morgan fingerprint density at radius 3 is 2.48 bits per heavy atom. The van der Waals surface area contributed by atoms with Gasteiger partial charge in [0.2, 0.25) is 0 Å². The van der Waals surface area contributed by atoms with Crippen molar-refractivity contribution in [3.63, 3.8) is 0 Å². The molecule has 31 heavy (non-hydrogen) atoms. The zero-order valence-electron chi connectivity index (χ0n) is 15.7. The number of benzene rings is 3. The van der Waals surface area contributed by atoms with E-state index in [0.717, 1.165) is 5.56 Å². The highest BCUT2D eigenvalue weighted by molar-refractivity contribution is 7.22. The van der Waals surface area contributed by atoms with E-state index in [9.17, 15) is 9.18 Å². The molecule has 4 nitrogen and oxygen atoms in total. The predicted molar refractivity (Wildman–Crippen MR) is 124 cm³/mol. The van der Waals surface area contributed by atoms with Gasteiger partial charge in [-0.1, -0.05) is 83.1 Å². The number of hydrogen-bond donors (Lipinski definition) is 0. The molecule has 8 heteroatoms. The highest BCUT2D eigenvalue weighted by Gasteiger charge is 2.34. The van der Waals surface area contributed by atoms with Crippen LogP contribution in [0.15, 0.2) is 77.4 Å². The van der Waals surface area contributed by atoms with Crippen molar-refractivity contribution in [2.24, 2.45) is 4.99 Å². The Kier molecular flexibility index (Phi) is 5.06. The van der Waals surface area contributed by atoms with E-state index >= 15 is 0 Å². The number of fused-ring (bicyclic) bond motifs is 1. The molecule has 4 aromatic rings. The summed E-state index contributed by atoms with van der Waals surface area (Å²) < 4.78 is 14.5. The zero-order chi connectivity index (χ0) is 21.5. The van der Waals surface area contributed by atoms with Crippen LogP contribution >= 0.6 is 34.5 Å². The van der Waals surface area contributed by atoms with Gasteiger partial charge in [0, 0.05) is 10.6 Å². The van der Waals surface area contributed by atoms with Crippen LogP contribution in [0.1, 0.15) is 11.1 Å². The summed E-state index contributed by atoms with van der Waals surface area (Å²) in [6, 6.07) is 19.3. The van der Waals surface area contributed by atoms with E-state index < -0.39 is 5.82 Å². The lowest BCUT2D eigenvalue weighted by Crippen LogP contribution is -2.32. The number of nitrogens with zero attached hydrogens (tertiary/aromatic N) is 3. The molecular formula is C23H12Cl2FN3OS. The van der Waals surface area contributed by atoms with Gasteiger partial charge in [-0.25, -0.2) is 19.3 Å². The molecule has 152 valence electrons. The van der Waals surface area contributed by atoms with Crippen molar-refractivity contribution < 1.29 is 9.18 Å². The van der Waals surface area contributed by atoms with Crippen molar-refractivity contribution >= 4 is 67.7 Å². The number of halogens is 3. The van der Waals surface area contributed by atoms with Crippen LogP contribution in [0, 0.1) is 5.82 Å². The molecule has 1 aliphatic heterocycles. The number of carbonyl (C=O) groups excluding carboxylic acids is 1. The van der Waals surface area contributed by atoms with Crippen LogP contribution in [0.25, 0.3) is 16.3 Å². The summed E-state index contributed by atoms with van der Waals surface area (Å²) >= 11 is 13.4. The van der Waals surface area contributed by atoms with Gasteiger partial charge in [0.25, 0.3) is 5.91 Å². The van der Waals surface area contributed by atoms with E-state index in [0.29, 0.717) is 31.8 Å². The third-order valence-electron chi connectivity index (χ3n) is 4.70. The van der Waals surface area contributed by atoms with Gasteiger partial charge >= 0.3 is 0 Å². The van der Waals surface area contributed by atoms with Crippen molar-refractivity contribution in [2.75, 3.05) is 4.90 Å². The zero-order valence-corrected chi connectivity index (χ0v) is 18.0. The molecule has 0 atom stereocenters. The fourth-order valence-corrected chi connectivity index (χ4v) is 4.54. The molecular weight excluding hydrogens is 456 g/mol. The molecule has 0 unspecified atom stereocenters. The smallest absolute Gasteiger partial charge is 0.266 e. The minimum absolute atomic E-state index is 0.0200. The van der Waals surface area contributed by atoms with Gasteiger partial charge in [-0.3, -0.25) is 4.79 Å². The molecule has 0 bridgehead atoms. The molecule has 1 amide bonds. The van der Waals surface area contributed by atoms with Gasteiger partial charge < -0.3 is 0 Å². The van der Waals surface area contributed by atoms with Gasteiger partial charge in [0.1, 0.15) is 17.3 Å². The number of rotatable bonds is 3. The summed E-state index contributed by atoms with van der Waals surface area (Å²) in [4.78, 5) is 23.9. The molecule has 0 saturated carbocycles. The number of thiazole rings is 1. The van der Waals surface area contributed by atoms with Crippen LogP contribution in [0.2, 0.25) is 10.0 Å². The first-order valence-electron chi connectivity index (χ1n) is 9.21. The van der Waals surface area contributed by atoms with Crippen molar-refractivity contribution in [3.8, 4) is 0 Å². The van der Waals surface area contributed by atoms with E-state index in [2.05, 4.69) is 9.98 Å². The molecule has 0 fully saturated rings. The Labute approximate surface area is 190 Å². The molecule has 0 spiro atoms. The minimum Gasteiger partial charge on any atom is -0.266 e. The quantitative estimate of drug-likeness (QED) is 0.319. The topological polar surface area (TPSA) is 45.6 Å². The second kappa shape index (κ2) is 7.89. The number of amidine groups is 1. The third kappa shape index (κ3) is 3.63. The normalized spacial score (nSPS) is 15.2. The van der Waals surface area contributed by atoms with Crippen molar-refractivity contribution in [1.29, 1.82) is 0 Å². The lowest BCUT2D eigenvalue weighted by molar-refractivity contribution is -0.113. The van der Waals surface area contributed by atoms with Crippen LogP contribution in [0.3, 0.4) is 0 Å². The predicted octanol–water partition coefficient (Wildman–Crippen LogP) is 6.58. The molecule has 2 heterocycles. The highest BCUT2D eigenvalue weighted by Crippen LogP contribution is 2.36. The summed E-state index contributed by atoms with van der Waals surface area (Å²) in [6.45, 7) is 0. The second-order valence-electron chi connectivity index (χ2n) is 6.72. The first-order valence-corrected chi connectivity index (χ1v) is 10.8. The Bertz CT molecular complexity index is 1360. The number of carbonyl (C=O) groups is 1. The number of anilines is 1. The van der Waals surface area contributed by atoms with Gasteiger partial charge in [-0.15, -0.1) is 0 Å². The fourth-order valence-electron chi connectivity index (χ4n) is 3.22. The first-order chi connectivity index (χ1) is 15.0. The average molecular weight is 468 g/mol. The number of hydrogen-bond acceptors (Lipinski definition) is 4. The van der Waals surface area contributed by atoms with Gasteiger partial charge in [0.15, 0.2) is 5.13 Å². The summed E-state index contributed by atoms with van der Waals surface area (Å²) in [7, 11) is 0. The number of aliphatic imine (C=N–C) groups is 1. The Balaban J connectivity index is 1.66. The summed E-state index contributed by atoms with van der Waals surface area (Å²) in [5, 5.41) is 0.878. The second-order valence-corrected chi connectivity index (χ2v) is 8.55. The monoisotopic (exact) mass is 467 g/mol. The maximum atomic E-state index is 13.9. The Hall–Kier alpha value is -3.06. The molecule has 0 saturated heterocycles. The average Bonchev–Trinajstić information content (AvgIpc) is 3.31. The summed E-state index contributed by atoms with van der Waals surface area (Å²) in [5.41, 5.74) is 2.18. The molecule has 0 N–H and O–H groups in total. The molecule has 1 aliphatic rings. The summed E-state index contributed by atoms with van der Waals surface area (Å²) in [6.07, 6.45) is 1.65. The summed E-state index contributed by atoms with van der Waals surface area (Å²) in [5.74, 6) is -0.438. The van der Waals surface area contributed by atoms with Gasteiger partial charge in [0.05, 0.1) is 15.2 Å². The minimum atomic E-state index is -0.534. The lowest BCUT2D eigenvalue weighted by Gasteiger charge is -2.14. The molecule has 0 radical (unpaired) electrons. The van der Waals surface area contributed by atoms with E-state index in [4.69, 9.17) is 23.2 Å². The van der Waals surface area contributed by atoms with E-state index in [1.807, 2.05) is 48.5 Å². The molecule has 0 aliphatic carbocycles. The van der Waals surface area contributed by atoms with Crippen molar-refractivity contribution in [2.45, 2.75) is 0 Å². The Morgan fingerprint density at radius 1 is 0.968 bits per heavy atom. The number of aromatic nitrogens is 1. The first kappa shape index (κ1) is 19.9. The maximum Gasteiger partial charge on any atom is 0.284 e. The van der Waals surface area contributed by atoms with Gasteiger partial charge in [-0.05, 0) is 29.8 Å². The van der Waals surface area contributed by atoms with Crippen LogP contribution < -0.4 is 4.90 Å². The van der Waals surface area contributed by atoms with Crippen molar-refractivity contribution in [1.82, 2.24) is 4.98 Å².